The third-order valence-electron chi connectivity index (χ3n) is 5.86. The molecule has 1 amide bonds. The number of pyridine rings is 1. The summed E-state index contributed by atoms with van der Waals surface area (Å²) in [5, 5.41) is 17.0. The summed E-state index contributed by atoms with van der Waals surface area (Å²) in [6, 6.07) is 11.6. The molecule has 7 nitrogen and oxygen atoms in total. The second kappa shape index (κ2) is 12.0. The van der Waals surface area contributed by atoms with Crippen LogP contribution in [-0.4, -0.2) is 49.6 Å². The minimum absolute atomic E-state index is 0.151. The number of nitrogens with one attached hydrogen (secondary N) is 2. The summed E-state index contributed by atoms with van der Waals surface area (Å²) < 4.78 is 11.2. The van der Waals surface area contributed by atoms with Crippen molar-refractivity contribution in [1.82, 2.24) is 10.3 Å². The van der Waals surface area contributed by atoms with E-state index in [4.69, 9.17) is 21.1 Å². The van der Waals surface area contributed by atoms with Crippen LogP contribution in [0.1, 0.15) is 42.5 Å². The molecule has 9 heteroatoms. The summed E-state index contributed by atoms with van der Waals surface area (Å²) in [5.74, 6) is 0.712. The Morgan fingerprint density at radius 3 is 2.68 bits per heavy atom. The highest BCUT2D eigenvalue weighted by Gasteiger charge is 2.29. The predicted octanol–water partition coefficient (Wildman–Crippen LogP) is 5.59. The van der Waals surface area contributed by atoms with Gasteiger partial charge in [0.25, 0.3) is 5.91 Å². The number of hydrogen-bond donors (Lipinski definition) is 3. The summed E-state index contributed by atoms with van der Waals surface area (Å²) in [7, 11) is -1.13. The summed E-state index contributed by atoms with van der Waals surface area (Å²) in [6.45, 7) is 7.97. The number of rotatable bonds is 11. The standard InChI is InChI=1S/C25H36ClN3O4Si/c1-34(2,3)15-14-32-18-33-23-9-7-8-22(29-23)28-19-10-11-21(26)20(16-19)24(30)27-17-25(31)12-5-4-6-13-25/h7-11,16,31H,4-6,12-15,17-18H2,1-3H3,(H,27,30)(H,28,29). The minimum Gasteiger partial charge on any atom is -0.450 e. The molecule has 34 heavy (non-hydrogen) atoms. The molecule has 0 atom stereocenters. The Hall–Kier alpha value is -2.13. The molecule has 0 radical (unpaired) electrons. The third-order valence-corrected chi connectivity index (χ3v) is 7.89. The molecule has 1 aromatic carbocycles. The third kappa shape index (κ3) is 8.58. The first-order chi connectivity index (χ1) is 16.1. The van der Waals surface area contributed by atoms with E-state index in [-0.39, 0.29) is 19.2 Å². The fourth-order valence-electron chi connectivity index (χ4n) is 3.76. The number of aliphatic hydroxyl groups is 1. The number of hydrogen-bond acceptors (Lipinski definition) is 6. The molecular weight excluding hydrogens is 470 g/mol. The van der Waals surface area contributed by atoms with E-state index in [1.54, 1.807) is 24.3 Å². The van der Waals surface area contributed by atoms with Crippen molar-refractivity contribution in [3.63, 3.8) is 0 Å². The zero-order valence-corrected chi connectivity index (χ0v) is 22.1. The van der Waals surface area contributed by atoms with Gasteiger partial charge in [0.2, 0.25) is 5.88 Å². The molecule has 1 aromatic heterocycles. The lowest BCUT2D eigenvalue weighted by Crippen LogP contribution is -2.44. The lowest BCUT2D eigenvalue weighted by molar-refractivity contribution is 0.00525. The quantitative estimate of drug-likeness (QED) is 0.209. The van der Waals surface area contributed by atoms with E-state index in [0.717, 1.165) is 25.3 Å². The minimum atomic E-state index is -1.13. The molecule has 3 rings (SSSR count). The number of amides is 1. The van der Waals surface area contributed by atoms with Crippen LogP contribution in [0.4, 0.5) is 11.5 Å². The summed E-state index contributed by atoms with van der Waals surface area (Å²) in [5.41, 5.74) is 0.176. The highest BCUT2D eigenvalue weighted by Crippen LogP contribution is 2.28. The van der Waals surface area contributed by atoms with E-state index in [0.29, 0.717) is 47.4 Å². The average molecular weight is 506 g/mol. The monoisotopic (exact) mass is 505 g/mol. The van der Waals surface area contributed by atoms with Gasteiger partial charge in [-0.1, -0.05) is 56.6 Å². The molecule has 3 N–H and O–H groups in total. The van der Waals surface area contributed by atoms with E-state index in [2.05, 4.69) is 35.3 Å². The van der Waals surface area contributed by atoms with Crippen LogP contribution in [0.5, 0.6) is 5.88 Å². The van der Waals surface area contributed by atoms with Crippen LogP contribution >= 0.6 is 11.6 Å². The van der Waals surface area contributed by atoms with Crippen molar-refractivity contribution in [3.05, 3.63) is 47.0 Å². The van der Waals surface area contributed by atoms with Gasteiger partial charge in [0.15, 0.2) is 6.79 Å². The number of carbonyl (C=O) groups is 1. The molecule has 1 saturated carbocycles. The van der Waals surface area contributed by atoms with Gasteiger partial charge in [-0.3, -0.25) is 4.79 Å². The molecule has 0 unspecified atom stereocenters. The van der Waals surface area contributed by atoms with Gasteiger partial charge in [-0.05, 0) is 43.2 Å². The Balaban J connectivity index is 1.56. The van der Waals surface area contributed by atoms with Gasteiger partial charge in [-0.25, -0.2) is 0 Å². The normalized spacial score (nSPS) is 15.6. The summed E-state index contributed by atoms with van der Waals surface area (Å²) >= 11 is 6.29. The van der Waals surface area contributed by atoms with E-state index in [9.17, 15) is 9.90 Å². The molecule has 186 valence electrons. The second-order valence-electron chi connectivity index (χ2n) is 10.1. The smallest absolute Gasteiger partial charge is 0.252 e. The Morgan fingerprint density at radius 2 is 1.94 bits per heavy atom. The van der Waals surface area contributed by atoms with E-state index in [1.165, 1.54) is 0 Å². The number of nitrogens with zero attached hydrogens (tertiary/aromatic N) is 1. The van der Waals surface area contributed by atoms with E-state index in [1.807, 2.05) is 12.1 Å². The van der Waals surface area contributed by atoms with Crippen LogP contribution in [0.15, 0.2) is 36.4 Å². The maximum atomic E-state index is 12.8. The number of halogens is 1. The highest BCUT2D eigenvalue weighted by molar-refractivity contribution is 6.76. The van der Waals surface area contributed by atoms with Crippen LogP contribution in [0.3, 0.4) is 0 Å². The van der Waals surface area contributed by atoms with Gasteiger partial charge in [-0.15, -0.1) is 0 Å². The van der Waals surface area contributed by atoms with Gasteiger partial charge < -0.3 is 25.2 Å². The molecule has 2 aromatic rings. The Bertz CT molecular complexity index is 961. The number of benzene rings is 1. The van der Waals surface area contributed by atoms with Crippen molar-refractivity contribution in [2.75, 3.05) is 25.3 Å². The molecule has 1 aliphatic rings. The molecule has 1 aliphatic carbocycles. The maximum Gasteiger partial charge on any atom is 0.252 e. The first-order valence-corrected chi connectivity index (χ1v) is 16.0. The SMILES string of the molecule is C[Si](C)(C)CCOCOc1cccc(Nc2ccc(Cl)c(C(=O)NCC3(O)CCCCC3)c2)n1. The average Bonchev–Trinajstić information content (AvgIpc) is 2.79. The Morgan fingerprint density at radius 1 is 1.18 bits per heavy atom. The van der Waals surface area contributed by atoms with Crippen molar-refractivity contribution in [2.45, 2.75) is 63.4 Å². The number of carbonyl (C=O) groups excluding carboxylic acids is 1. The van der Waals surface area contributed by atoms with Crippen molar-refractivity contribution in [1.29, 1.82) is 0 Å². The molecule has 0 bridgehead atoms. The van der Waals surface area contributed by atoms with E-state index >= 15 is 0 Å². The van der Waals surface area contributed by atoms with Crippen molar-refractivity contribution in [3.8, 4) is 5.88 Å². The van der Waals surface area contributed by atoms with Crippen LogP contribution in [0.25, 0.3) is 0 Å². The zero-order chi connectivity index (χ0) is 24.6. The molecule has 1 heterocycles. The fraction of sp³-hybridized carbons (Fsp3) is 0.520. The Kier molecular flexibility index (Phi) is 9.36. The highest BCUT2D eigenvalue weighted by atomic mass is 35.5. The number of ether oxygens (including phenoxy) is 2. The zero-order valence-electron chi connectivity index (χ0n) is 20.3. The lowest BCUT2D eigenvalue weighted by atomic mass is 9.85. The van der Waals surface area contributed by atoms with Crippen LogP contribution in [-0.2, 0) is 4.74 Å². The second-order valence-corrected chi connectivity index (χ2v) is 16.2. The van der Waals surface area contributed by atoms with Gasteiger partial charge in [0, 0.05) is 33.0 Å². The number of anilines is 2. The fourth-order valence-corrected chi connectivity index (χ4v) is 4.72. The van der Waals surface area contributed by atoms with Crippen molar-refractivity contribution in [2.24, 2.45) is 0 Å². The van der Waals surface area contributed by atoms with Crippen molar-refractivity contribution >= 4 is 37.1 Å². The Labute approximate surface area is 208 Å². The van der Waals surface area contributed by atoms with Crippen LogP contribution in [0.2, 0.25) is 30.7 Å². The number of aromatic nitrogens is 1. The van der Waals surface area contributed by atoms with Crippen LogP contribution in [0, 0.1) is 0 Å². The van der Waals surface area contributed by atoms with Crippen molar-refractivity contribution < 1.29 is 19.4 Å². The largest absolute Gasteiger partial charge is 0.450 e. The van der Waals surface area contributed by atoms with Gasteiger partial charge in [0.1, 0.15) is 5.82 Å². The maximum absolute atomic E-state index is 12.8. The molecule has 0 saturated heterocycles. The van der Waals surface area contributed by atoms with Gasteiger partial charge in [-0.2, -0.15) is 4.98 Å². The van der Waals surface area contributed by atoms with Gasteiger partial charge in [0.05, 0.1) is 16.2 Å². The summed E-state index contributed by atoms with van der Waals surface area (Å²) in [6.07, 6.45) is 4.49. The predicted molar refractivity (Wildman–Crippen MR) is 139 cm³/mol. The summed E-state index contributed by atoms with van der Waals surface area (Å²) in [4.78, 5) is 17.2. The topological polar surface area (TPSA) is 92.7 Å². The molecular formula is C25H36ClN3O4Si. The molecule has 0 spiro atoms. The molecule has 0 aliphatic heterocycles. The van der Waals surface area contributed by atoms with E-state index < -0.39 is 13.7 Å². The van der Waals surface area contributed by atoms with Crippen LogP contribution < -0.4 is 15.4 Å². The lowest BCUT2D eigenvalue weighted by Gasteiger charge is -2.32. The molecule has 1 fully saturated rings. The first-order valence-electron chi connectivity index (χ1n) is 11.9. The first kappa shape index (κ1) is 26.5. The van der Waals surface area contributed by atoms with Gasteiger partial charge >= 0.3 is 0 Å².